The molecule has 1 aromatic heterocycles. The van der Waals surface area contributed by atoms with Gasteiger partial charge in [0.25, 0.3) is 0 Å². The molecule has 0 saturated heterocycles. The van der Waals surface area contributed by atoms with E-state index in [9.17, 15) is 4.79 Å². The fourth-order valence-electron chi connectivity index (χ4n) is 1.44. The normalized spacial score (nSPS) is 16.9. The molecule has 0 amide bonds. The number of methoxy groups -OCH3 is 1. The molecule has 0 aromatic carbocycles. The third kappa shape index (κ3) is 2.80. The van der Waals surface area contributed by atoms with Gasteiger partial charge in [0.15, 0.2) is 0 Å². The fourth-order valence-corrected chi connectivity index (χ4v) is 1.67. The van der Waals surface area contributed by atoms with Gasteiger partial charge in [0, 0.05) is 16.7 Å². The predicted molar refractivity (Wildman–Crippen MR) is 62.9 cm³/mol. The zero-order valence-corrected chi connectivity index (χ0v) is 10.5. The van der Waals surface area contributed by atoms with Crippen LogP contribution in [0.1, 0.15) is 24.6 Å². The second kappa shape index (κ2) is 4.93. The number of carbonyl (C=O) groups excluding carboxylic acids is 1. The van der Waals surface area contributed by atoms with Crippen molar-refractivity contribution in [1.29, 1.82) is 0 Å². The lowest BCUT2D eigenvalue weighted by Gasteiger charge is -2.15. The predicted octanol–water partition coefficient (Wildman–Crippen LogP) is 1.81. The molecule has 1 fully saturated rings. The fraction of sp³-hybridized carbons (Fsp3) is 0.455. The molecule has 5 heteroatoms. The van der Waals surface area contributed by atoms with Gasteiger partial charge in [-0.05, 0) is 40.9 Å². The number of nitrogens with one attached hydrogen (secondary N) is 1. The van der Waals surface area contributed by atoms with Crippen LogP contribution < -0.4 is 5.32 Å². The van der Waals surface area contributed by atoms with Crippen LogP contribution in [0, 0.1) is 0 Å². The monoisotopic (exact) mass is 284 g/mol. The van der Waals surface area contributed by atoms with E-state index in [4.69, 9.17) is 4.74 Å². The first-order chi connectivity index (χ1) is 7.70. The summed E-state index contributed by atoms with van der Waals surface area (Å²) in [4.78, 5) is 15.8. The summed E-state index contributed by atoms with van der Waals surface area (Å²) < 4.78 is 5.67. The van der Waals surface area contributed by atoms with Gasteiger partial charge in [-0.3, -0.25) is 10.3 Å². The smallest absolute Gasteiger partial charge is 0.329 e. The van der Waals surface area contributed by atoms with E-state index in [1.165, 1.54) is 7.11 Å². The highest BCUT2D eigenvalue weighted by Gasteiger charge is 2.30. The van der Waals surface area contributed by atoms with Gasteiger partial charge in [-0.25, -0.2) is 4.79 Å². The average Bonchev–Trinajstić information content (AvgIpc) is 3.10. The first kappa shape index (κ1) is 11.5. The molecule has 0 bridgehead atoms. The van der Waals surface area contributed by atoms with E-state index in [1.807, 2.05) is 12.1 Å². The highest BCUT2D eigenvalue weighted by atomic mass is 79.9. The summed E-state index contributed by atoms with van der Waals surface area (Å²) in [6, 6.07) is 3.66. The maximum Gasteiger partial charge on any atom is 0.329 e. The van der Waals surface area contributed by atoms with Crippen molar-refractivity contribution in [3.05, 3.63) is 28.5 Å². The van der Waals surface area contributed by atoms with Crippen molar-refractivity contribution in [2.24, 2.45) is 0 Å². The molecule has 4 nitrogen and oxygen atoms in total. The summed E-state index contributed by atoms with van der Waals surface area (Å²) in [7, 11) is 1.39. The lowest BCUT2D eigenvalue weighted by molar-refractivity contribution is -0.143. The Labute approximate surface area is 103 Å². The molecule has 16 heavy (non-hydrogen) atoms. The van der Waals surface area contributed by atoms with Gasteiger partial charge in [-0.15, -0.1) is 0 Å². The Morgan fingerprint density at radius 3 is 2.88 bits per heavy atom. The number of halogens is 1. The maximum absolute atomic E-state index is 11.6. The minimum absolute atomic E-state index is 0.290. The highest BCUT2D eigenvalue weighted by Crippen LogP contribution is 2.24. The number of carbonyl (C=O) groups is 1. The van der Waals surface area contributed by atoms with Gasteiger partial charge >= 0.3 is 5.97 Å². The van der Waals surface area contributed by atoms with E-state index in [-0.39, 0.29) is 5.97 Å². The Hall–Kier alpha value is -0.940. The number of hydrogen-bond acceptors (Lipinski definition) is 4. The number of esters is 1. The van der Waals surface area contributed by atoms with Gasteiger partial charge in [-0.2, -0.15) is 0 Å². The van der Waals surface area contributed by atoms with E-state index in [1.54, 1.807) is 6.20 Å². The van der Waals surface area contributed by atoms with Crippen LogP contribution in [0.15, 0.2) is 22.8 Å². The Kier molecular flexibility index (Phi) is 3.56. The number of rotatable bonds is 4. The molecular weight excluding hydrogens is 272 g/mol. The van der Waals surface area contributed by atoms with Gasteiger partial charge in [0.1, 0.15) is 6.04 Å². The molecule has 1 aliphatic carbocycles. The van der Waals surface area contributed by atoms with Crippen LogP contribution in [-0.4, -0.2) is 24.1 Å². The summed E-state index contributed by atoms with van der Waals surface area (Å²) in [5.74, 6) is -0.290. The van der Waals surface area contributed by atoms with Crippen LogP contribution in [0.2, 0.25) is 0 Å². The van der Waals surface area contributed by atoms with Crippen LogP contribution >= 0.6 is 15.9 Å². The molecule has 1 N–H and O–H groups in total. The lowest BCUT2D eigenvalue weighted by Crippen LogP contribution is -2.31. The Morgan fingerprint density at radius 2 is 2.38 bits per heavy atom. The van der Waals surface area contributed by atoms with Crippen LogP contribution in [0.4, 0.5) is 0 Å². The topological polar surface area (TPSA) is 51.2 Å². The van der Waals surface area contributed by atoms with E-state index in [0.29, 0.717) is 11.7 Å². The number of pyridine rings is 1. The second-order valence-corrected chi connectivity index (χ2v) is 4.71. The average molecular weight is 285 g/mol. The molecule has 0 radical (unpaired) electrons. The molecule has 1 unspecified atom stereocenters. The summed E-state index contributed by atoms with van der Waals surface area (Å²) >= 11 is 3.31. The standard InChI is InChI=1S/C11H13BrN2O2/c1-16-11(15)10(14-8-3-4-8)9-5-2-7(12)6-13-9/h2,5-6,8,10,14H,3-4H2,1H3. The number of ether oxygens (including phenoxy) is 1. The number of aromatic nitrogens is 1. The van der Waals surface area contributed by atoms with Gasteiger partial charge in [-0.1, -0.05) is 0 Å². The Bertz CT molecular complexity index is 376. The molecule has 1 saturated carbocycles. The van der Waals surface area contributed by atoms with Crippen molar-refractivity contribution in [3.8, 4) is 0 Å². The van der Waals surface area contributed by atoms with Crippen molar-refractivity contribution >= 4 is 21.9 Å². The lowest BCUT2D eigenvalue weighted by atomic mass is 10.2. The zero-order valence-electron chi connectivity index (χ0n) is 8.94. The van der Waals surface area contributed by atoms with Crippen molar-refractivity contribution in [3.63, 3.8) is 0 Å². The third-order valence-corrected chi connectivity index (χ3v) is 2.93. The Balaban J connectivity index is 2.15. The molecule has 0 aliphatic heterocycles. The summed E-state index contributed by atoms with van der Waals surface area (Å²) in [6.45, 7) is 0. The summed E-state index contributed by atoms with van der Waals surface area (Å²) in [5, 5.41) is 3.23. The number of nitrogens with zero attached hydrogens (tertiary/aromatic N) is 1. The highest BCUT2D eigenvalue weighted by molar-refractivity contribution is 9.10. The summed E-state index contributed by atoms with van der Waals surface area (Å²) in [5.41, 5.74) is 0.696. The largest absolute Gasteiger partial charge is 0.468 e. The SMILES string of the molecule is COC(=O)C(NC1CC1)c1ccc(Br)cn1. The molecule has 0 spiro atoms. The van der Waals surface area contributed by atoms with Crippen LogP contribution in [-0.2, 0) is 9.53 Å². The maximum atomic E-state index is 11.6. The summed E-state index contributed by atoms with van der Waals surface area (Å²) in [6.07, 6.45) is 3.91. The van der Waals surface area contributed by atoms with Crippen LogP contribution in [0.25, 0.3) is 0 Å². The van der Waals surface area contributed by atoms with Crippen molar-refractivity contribution in [2.45, 2.75) is 24.9 Å². The van der Waals surface area contributed by atoms with Crippen molar-refractivity contribution < 1.29 is 9.53 Å². The van der Waals surface area contributed by atoms with Crippen molar-refractivity contribution in [1.82, 2.24) is 10.3 Å². The third-order valence-electron chi connectivity index (χ3n) is 2.46. The first-order valence-corrected chi connectivity index (χ1v) is 5.95. The molecule has 2 rings (SSSR count). The van der Waals surface area contributed by atoms with E-state index in [0.717, 1.165) is 17.3 Å². The van der Waals surface area contributed by atoms with Crippen LogP contribution in [0.3, 0.4) is 0 Å². The first-order valence-electron chi connectivity index (χ1n) is 5.16. The molecule has 1 aliphatic rings. The quantitative estimate of drug-likeness (QED) is 0.857. The van der Waals surface area contributed by atoms with E-state index in [2.05, 4.69) is 26.2 Å². The molecule has 86 valence electrons. The molecule has 1 heterocycles. The minimum Gasteiger partial charge on any atom is -0.468 e. The van der Waals surface area contributed by atoms with Gasteiger partial charge in [0.2, 0.25) is 0 Å². The van der Waals surface area contributed by atoms with Gasteiger partial charge in [0.05, 0.1) is 12.8 Å². The van der Waals surface area contributed by atoms with Gasteiger partial charge < -0.3 is 4.74 Å². The minimum atomic E-state index is -0.453. The zero-order chi connectivity index (χ0) is 11.5. The molecular formula is C11H13BrN2O2. The van der Waals surface area contributed by atoms with Crippen LogP contribution in [0.5, 0.6) is 0 Å². The van der Waals surface area contributed by atoms with E-state index < -0.39 is 6.04 Å². The molecule has 1 atom stereocenters. The van der Waals surface area contributed by atoms with Crippen molar-refractivity contribution in [2.75, 3.05) is 7.11 Å². The molecule has 1 aromatic rings. The Morgan fingerprint density at radius 1 is 1.62 bits per heavy atom. The van der Waals surface area contributed by atoms with E-state index >= 15 is 0 Å². The second-order valence-electron chi connectivity index (χ2n) is 3.80. The number of hydrogen-bond donors (Lipinski definition) is 1.